The second-order valence-corrected chi connectivity index (χ2v) is 6.74. The van der Waals surface area contributed by atoms with Crippen molar-refractivity contribution in [2.24, 2.45) is 0 Å². The van der Waals surface area contributed by atoms with Crippen molar-refractivity contribution >= 4 is 29.1 Å². The molecule has 0 aliphatic rings. The molecule has 0 saturated carbocycles. The fourth-order valence-corrected chi connectivity index (χ4v) is 2.73. The van der Waals surface area contributed by atoms with Crippen molar-refractivity contribution in [3.05, 3.63) is 88.7 Å². The number of nitrogens with one attached hydrogen (secondary N) is 2. The first kappa shape index (κ1) is 20.4. The molecule has 0 radical (unpaired) electrons. The molecule has 7 heteroatoms. The van der Waals surface area contributed by atoms with Crippen LogP contribution >= 0.6 is 11.6 Å². The predicted molar refractivity (Wildman–Crippen MR) is 112 cm³/mol. The molecule has 29 heavy (non-hydrogen) atoms. The van der Waals surface area contributed by atoms with Gasteiger partial charge >= 0.3 is 0 Å². The predicted octanol–water partition coefficient (Wildman–Crippen LogP) is 3.99. The molecule has 2 N–H and O–H groups in total. The number of carbonyl (C=O) groups excluding carboxylic acids is 2. The first-order chi connectivity index (χ1) is 14.0. The van der Waals surface area contributed by atoms with Gasteiger partial charge in [0.15, 0.2) is 6.61 Å². The number of hydrogen-bond acceptors (Lipinski definition) is 4. The van der Waals surface area contributed by atoms with Crippen molar-refractivity contribution < 1.29 is 14.3 Å². The van der Waals surface area contributed by atoms with Gasteiger partial charge in [-0.2, -0.15) is 0 Å². The Morgan fingerprint density at radius 1 is 1.10 bits per heavy atom. The molecule has 2 amide bonds. The molecule has 0 spiro atoms. The van der Waals surface area contributed by atoms with Gasteiger partial charge in [-0.25, -0.2) is 0 Å². The topological polar surface area (TPSA) is 80.3 Å². The molecule has 0 aliphatic heterocycles. The molecular formula is C22H20ClN3O3. The van der Waals surface area contributed by atoms with Crippen LogP contribution in [0, 0.1) is 6.92 Å². The van der Waals surface area contributed by atoms with Crippen LogP contribution in [0.4, 0.5) is 5.69 Å². The van der Waals surface area contributed by atoms with E-state index < -0.39 is 0 Å². The summed E-state index contributed by atoms with van der Waals surface area (Å²) in [6.45, 7) is 2.01. The SMILES string of the molecule is Cc1cc(OCC(=O)Nc2ccccc2C(=O)NCc2cccnc2)ccc1Cl. The highest BCUT2D eigenvalue weighted by Gasteiger charge is 2.13. The maximum absolute atomic E-state index is 12.5. The van der Waals surface area contributed by atoms with Crippen LogP contribution in [0.25, 0.3) is 0 Å². The summed E-state index contributed by atoms with van der Waals surface area (Å²) in [5.41, 5.74) is 2.53. The van der Waals surface area contributed by atoms with E-state index in [0.29, 0.717) is 28.6 Å². The third-order valence-corrected chi connectivity index (χ3v) is 4.55. The second-order valence-electron chi connectivity index (χ2n) is 6.34. The molecule has 3 rings (SSSR count). The maximum atomic E-state index is 12.5. The number of aromatic nitrogens is 1. The molecule has 6 nitrogen and oxygen atoms in total. The summed E-state index contributed by atoms with van der Waals surface area (Å²) in [6.07, 6.45) is 3.35. The molecule has 3 aromatic rings. The van der Waals surface area contributed by atoms with Crippen LogP contribution in [0.1, 0.15) is 21.5 Å². The van der Waals surface area contributed by atoms with Crippen molar-refractivity contribution in [3.8, 4) is 5.75 Å². The van der Waals surface area contributed by atoms with E-state index in [9.17, 15) is 9.59 Å². The van der Waals surface area contributed by atoms with Gasteiger partial charge in [-0.15, -0.1) is 0 Å². The summed E-state index contributed by atoms with van der Waals surface area (Å²) in [4.78, 5) is 28.9. The van der Waals surface area contributed by atoms with Crippen molar-refractivity contribution in [2.75, 3.05) is 11.9 Å². The van der Waals surface area contributed by atoms with E-state index >= 15 is 0 Å². The Labute approximate surface area is 173 Å². The molecule has 1 heterocycles. The van der Waals surface area contributed by atoms with E-state index in [2.05, 4.69) is 15.6 Å². The highest BCUT2D eigenvalue weighted by Crippen LogP contribution is 2.21. The fraction of sp³-hybridized carbons (Fsp3) is 0.136. The van der Waals surface area contributed by atoms with E-state index in [1.54, 1.807) is 60.9 Å². The number of para-hydroxylation sites is 1. The number of anilines is 1. The number of nitrogens with zero attached hydrogens (tertiary/aromatic N) is 1. The first-order valence-electron chi connectivity index (χ1n) is 8.98. The zero-order chi connectivity index (χ0) is 20.6. The third-order valence-electron chi connectivity index (χ3n) is 4.12. The van der Waals surface area contributed by atoms with Gasteiger partial charge in [0.2, 0.25) is 0 Å². The Morgan fingerprint density at radius 2 is 1.93 bits per heavy atom. The number of aryl methyl sites for hydroxylation is 1. The van der Waals surface area contributed by atoms with E-state index in [0.717, 1.165) is 11.1 Å². The van der Waals surface area contributed by atoms with Crippen LogP contribution in [0.15, 0.2) is 67.0 Å². The van der Waals surface area contributed by atoms with Gasteiger partial charge < -0.3 is 15.4 Å². The summed E-state index contributed by atoms with van der Waals surface area (Å²) in [5.74, 6) is -0.117. The van der Waals surface area contributed by atoms with Gasteiger partial charge in [0.05, 0.1) is 11.3 Å². The number of hydrogen-bond donors (Lipinski definition) is 2. The summed E-state index contributed by atoms with van der Waals surface area (Å²) >= 11 is 5.99. The molecule has 2 aromatic carbocycles. The lowest BCUT2D eigenvalue weighted by atomic mass is 10.1. The number of pyridine rings is 1. The zero-order valence-electron chi connectivity index (χ0n) is 15.8. The van der Waals surface area contributed by atoms with Crippen molar-refractivity contribution in [1.29, 1.82) is 0 Å². The lowest BCUT2D eigenvalue weighted by molar-refractivity contribution is -0.118. The molecule has 148 valence electrons. The van der Waals surface area contributed by atoms with Crippen molar-refractivity contribution in [3.63, 3.8) is 0 Å². The van der Waals surface area contributed by atoms with Gasteiger partial charge in [0, 0.05) is 24.0 Å². The largest absolute Gasteiger partial charge is 0.484 e. The Balaban J connectivity index is 1.59. The minimum absolute atomic E-state index is 0.188. The van der Waals surface area contributed by atoms with Gasteiger partial charge in [-0.1, -0.05) is 29.8 Å². The Hall–Kier alpha value is -3.38. The molecule has 1 aromatic heterocycles. The normalized spacial score (nSPS) is 10.3. The van der Waals surface area contributed by atoms with E-state index in [1.165, 1.54) is 0 Å². The molecule has 0 bridgehead atoms. The quantitative estimate of drug-likeness (QED) is 0.618. The fourth-order valence-electron chi connectivity index (χ4n) is 2.61. The molecule has 0 unspecified atom stereocenters. The summed E-state index contributed by atoms with van der Waals surface area (Å²) in [5, 5.41) is 6.18. The highest BCUT2D eigenvalue weighted by molar-refractivity contribution is 6.31. The Bertz CT molecular complexity index is 1010. The number of carbonyl (C=O) groups is 2. The summed E-state index contributed by atoms with van der Waals surface area (Å²) in [6, 6.07) is 15.7. The highest BCUT2D eigenvalue weighted by atomic mass is 35.5. The maximum Gasteiger partial charge on any atom is 0.262 e. The lowest BCUT2D eigenvalue weighted by Gasteiger charge is -2.12. The summed E-state index contributed by atoms with van der Waals surface area (Å²) < 4.78 is 5.50. The smallest absolute Gasteiger partial charge is 0.262 e. The van der Waals surface area contributed by atoms with E-state index in [1.807, 2.05) is 13.0 Å². The average Bonchev–Trinajstić information content (AvgIpc) is 2.74. The van der Waals surface area contributed by atoms with Crippen molar-refractivity contribution in [2.45, 2.75) is 13.5 Å². The van der Waals surface area contributed by atoms with Crippen LogP contribution in [-0.4, -0.2) is 23.4 Å². The Morgan fingerprint density at radius 3 is 2.69 bits per heavy atom. The van der Waals surface area contributed by atoms with Crippen LogP contribution < -0.4 is 15.4 Å². The van der Waals surface area contributed by atoms with Gasteiger partial charge in [-0.3, -0.25) is 14.6 Å². The van der Waals surface area contributed by atoms with Crippen LogP contribution in [0.3, 0.4) is 0 Å². The number of benzene rings is 2. The van der Waals surface area contributed by atoms with Crippen LogP contribution in [0.2, 0.25) is 5.02 Å². The van der Waals surface area contributed by atoms with Gasteiger partial charge in [0.25, 0.3) is 11.8 Å². The zero-order valence-corrected chi connectivity index (χ0v) is 16.6. The van der Waals surface area contributed by atoms with Gasteiger partial charge in [-0.05, 0) is 54.4 Å². The van der Waals surface area contributed by atoms with Crippen LogP contribution in [0.5, 0.6) is 5.75 Å². The standard InChI is InChI=1S/C22H20ClN3O3/c1-15-11-17(8-9-19(15)23)29-14-21(27)26-20-7-3-2-6-18(20)22(28)25-13-16-5-4-10-24-12-16/h2-12H,13-14H2,1H3,(H,25,28)(H,26,27). The molecule has 0 atom stereocenters. The van der Waals surface area contributed by atoms with Gasteiger partial charge in [0.1, 0.15) is 5.75 Å². The van der Waals surface area contributed by atoms with E-state index in [-0.39, 0.29) is 18.4 Å². The molecular weight excluding hydrogens is 390 g/mol. The molecule has 0 aliphatic carbocycles. The number of amides is 2. The Kier molecular flexibility index (Phi) is 6.81. The first-order valence-corrected chi connectivity index (χ1v) is 9.35. The minimum atomic E-state index is -0.370. The lowest BCUT2D eigenvalue weighted by Crippen LogP contribution is -2.26. The molecule has 0 saturated heterocycles. The third kappa shape index (κ3) is 5.80. The van der Waals surface area contributed by atoms with E-state index in [4.69, 9.17) is 16.3 Å². The van der Waals surface area contributed by atoms with Crippen LogP contribution in [-0.2, 0) is 11.3 Å². The molecule has 0 fully saturated rings. The minimum Gasteiger partial charge on any atom is -0.484 e. The monoisotopic (exact) mass is 409 g/mol. The number of halogens is 1. The second kappa shape index (κ2) is 9.71. The average molecular weight is 410 g/mol. The summed E-state index contributed by atoms with van der Waals surface area (Å²) in [7, 11) is 0. The number of rotatable bonds is 7. The van der Waals surface area contributed by atoms with Crippen molar-refractivity contribution in [1.82, 2.24) is 10.3 Å². The number of ether oxygens (including phenoxy) is 1.